The average Bonchev–Trinajstić information content (AvgIpc) is 3.06. The zero-order valence-electron chi connectivity index (χ0n) is 17.3. The lowest BCUT2D eigenvalue weighted by molar-refractivity contribution is -0.131. The number of hydrogen-bond acceptors (Lipinski definition) is 3. The number of fused-ring (bicyclic) bond motifs is 1. The van der Waals surface area contributed by atoms with Gasteiger partial charge in [-0.15, -0.1) is 12.4 Å². The van der Waals surface area contributed by atoms with Gasteiger partial charge in [0.25, 0.3) is 0 Å². The maximum atomic E-state index is 12.7. The maximum absolute atomic E-state index is 12.7. The minimum atomic E-state index is -0.531. The number of anilines is 1. The molecule has 0 spiro atoms. The molecule has 0 atom stereocenters. The number of nitrogens with one attached hydrogen (secondary N) is 1. The Kier molecular flexibility index (Phi) is 8.98. The number of carbonyl (C=O) groups is 2. The molecule has 7 heteroatoms. The number of nitrogens with zero attached hydrogens (tertiary/aromatic N) is 2. The van der Waals surface area contributed by atoms with E-state index in [1.54, 1.807) is 0 Å². The first kappa shape index (κ1) is 24.0. The Morgan fingerprint density at radius 3 is 2.29 bits per heavy atom. The topological polar surface area (TPSA) is 80.4 Å². The lowest BCUT2D eigenvalue weighted by Crippen LogP contribution is -2.41. The molecule has 2 amide bonds. The molecule has 0 saturated carbocycles. The smallest absolute Gasteiger partial charge is 0.242 e. The summed E-state index contributed by atoms with van der Waals surface area (Å²) in [6.45, 7) is 10.0. The van der Waals surface area contributed by atoms with Crippen molar-refractivity contribution in [3.63, 3.8) is 0 Å². The molecule has 0 bridgehead atoms. The van der Waals surface area contributed by atoms with Crippen LogP contribution in [0.3, 0.4) is 0 Å². The van der Waals surface area contributed by atoms with E-state index >= 15 is 0 Å². The quantitative estimate of drug-likeness (QED) is 0.664. The van der Waals surface area contributed by atoms with Crippen molar-refractivity contribution in [2.75, 3.05) is 25.0 Å². The third kappa shape index (κ3) is 4.86. The van der Waals surface area contributed by atoms with Crippen LogP contribution in [0.4, 0.5) is 5.69 Å². The van der Waals surface area contributed by atoms with Crippen LogP contribution in [0.1, 0.15) is 40.5 Å². The van der Waals surface area contributed by atoms with Gasteiger partial charge in [-0.25, -0.2) is 0 Å². The van der Waals surface area contributed by atoms with Gasteiger partial charge in [-0.3, -0.25) is 9.59 Å². The standard InChI is InChI=1S/C21H32N4O2.ClH/c1-5-21(6-2,15-22)20(27)23-17-9-10-18-16(13-17)11-12-25(18)14-19(26)24(7-3)8-4;/h9-13H,5-8,14-15,22H2,1-4H3,(H,23,27);1H. The largest absolute Gasteiger partial charge is 0.342 e. The first-order chi connectivity index (χ1) is 12.9. The van der Waals surface area contributed by atoms with Crippen LogP contribution < -0.4 is 11.1 Å². The molecule has 6 nitrogen and oxygen atoms in total. The van der Waals surface area contributed by atoms with Crippen LogP contribution in [0.15, 0.2) is 30.5 Å². The number of aromatic nitrogens is 1. The summed E-state index contributed by atoms with van der Waals surface area (Å²) in [5, 5.41) is 4.00. The molecule has 1 aromatic carbocycles. The molecule has 0 radical (unpaired) electrons. The van der Waals surface area contributed by atoms with Crippen LogP contribution in [-0.4, -0.2) is 40.9 Å². The monoisotopic (exact) mass is 408 g/mol. The van der Waals surface area contributed by atoms with Crippen molar-refractivity contribution in [2.45, 2.75) is 47.1 Å². The fourth-order valence-electron chi connectivity index (χ4n) is 3.45. The van der Waals surface area contributed by atoms with Crippen molar-refractivity contribution >= 4 is 40.8 Å². The molecule has 156 valence electrons. The van der Waals surface area contributed by atoms with E-state index in [4.69, 9.17) is 5.73 Å². The lowest BCUT2D eigenvalue weighted by atomic mass is 9.81. The SMILES string of the molecule is CCN(CC)C(=O)Cn1ccc2cc(NC(=O)C(CC)(CC)CN)ccc21.Cl. The molecular formula is C21H33ClN4O2. The molecule has 3 N–H and O–H groups in total. The van der Waals surface area contributed by atoms with Gasteiger partial charge in [0, 0.05) is 42.4 Å². The van der Waals surface area contributed by atoms with Gasteiger partial charge >= 0.3 is 0 Å². The summed E-state index contributed by atoms with van der Waals surface area (Å²) in [5.74, 6) is 0.0685. The van der Waals surface area contributed by atoms with Gasteiger partial charge in [-0.2, -0.15) is 0 Å². The molecule has 0 saturated heterocycles. The number of hydrogen-bond donors (Lipinski definition) is 2. The molecule has 2 aromatic rings. The molecule has 0 aliphatic heterocycles. The highest BCUT2D eigenvalue weighted by atomic mass is 35.5. The number of halogens is 1. The molecular weight excluding hydrogens is 376 g/mol. The highest BCUT2D eigenvalue weighted by Gasteiger charge is 2.33. The van der Waals surface area contributed by atoms with Crippen molar-refractivity contribution in [1.29, 1.82) is 0 Å². The van der Waals surface area contributed by atoms with E-state index in [0.29, 0.717) is 39.0 Å². The number of rotatable bonds is 9. The Labute approximate surface area is 173 Å². The summed E-state index contributed by atoms with van der Waals surface area (Å²) in [7, 11) is 0. The zero-order valence-corrected chi connectivity index (χ0v) is 18.1. The number of likely N-dealkylation sites (N-methyl/N-ethyl adjacent to an activating group) is 1. The normalized spacial score (nSPS) is 11.2. The Bertz CT molecular complexity index is 787. The van der Waals surface area contributed by atoms with Crippen molar-refractivity contribution < 1.29 is 9.59 Å². The lowest BCUT2D eigenvalue weighted by Gasteiger charge is -2.28. The van der Waals surface area contributed by atoms with Gasteiger partial charge in [0.2, 0.25) is 11.8 Å². The van der Waals surface area contributed by atoms with Gasteiger partial charge in [-0.05, 0) is 51.0 Å². The second kappa shape index (κ2) is 10.5. The molecule has 28 heavy (non-hydrogen) atoms. The number of amides is 2. The van der Waals surface area contributed by atoms with Gasteiger partial charge < -0.3 is 20.5 Å². The molecule has 0 unspecified atom stereocenters. The highest BCUT2D eigenvalue weighted by molar-refractivity contribution is 5.97. The van der Waals surface area contributed by atoms with E-state index in [9.17, 15) is 9.59 Å². The van der Waals surface area contributed by atoms with Gasteiger partial charge in [0.1, 0.15) is 6.54 Å². The highest BCUT2D eigenvalue weighted by Crippen LogP contribution is 2.28. The van der Waals surface area contributed by atoms with Crippen LogP contribution >= 0.6 is 12.4 Å². The number of benzene rings is 1. The molecule has 0 aliphatic rings. The molecule has 1 aromatic heterocycles. The summed E-state index contributed by atoms with van der Waals surface area (Å²) >= 11 is 0. The van der Waals surface area contributed by atoms with Crippen LogP contribution in [-0.2, 0) is 16.1 Å². The van der Waals surface area contributed by atoms with Crippen LogP contribution in [0.2, 0.25) is 0 Å². The fraction of sp³-hybridized carbons (Fsp3) is 0.524. The van der Waals surface area contributed by atoms with E-state index in [2.05, 4.69) is 5.32 Å². The Morgan fingerprint density at radius 2 is 1.75 bits per heavy atom. The maximum Gasteiger partial charge on any atom is 0.242 e. The minimum absolute atomic E-state index is 0. The molecule has 0 aliphatic carbocycles. The predicted octanol–water partition coefficient (Wildman–Crippen LogP) is 3.64. The Balaban J connectivity index is 0.00000392. The van der Waals surface area contributed by atoms with Crippen molar-refractivity contribution in [1.82, 2.24) is 9.47 Å². The molecule has 1 heterocycles. The third-order valence-corrected chi connectivity index (χ3v) is 5.68. The van der Waals surface area contributed by atoms with Crippen molar-refractivity contribution in [3.8, 4) is 0 Å². The second-order valence-corrected chi connectivity index (χ2v) is 6.93. The molecule has 2 rings (SSSR count). The summed E-state index contributed by atoms with van der Waals surface area (Å²) in [6, 6.07) is 7.74. The van der Waals surface area contributed by atoms with E-state index in [0.717, 1.165) is 16.6 Å². The van der Waals surface area contributed by atoms with Crippen LogP contribution in [0.25, 0.3) is 10.9 Å². The van der Waals surface area contributed by atoms with Crippen LogP contribution in [0, 0.1) is 5.41 Å². The van der Waals surface area contributed by atoms with E-state index in [1.807, 2.05) is 67.6 Å². The fourth-order valence-corrected chi connectivity index (χ4v) is 3.45. The Hall–Kier alpha value is -2.05. The molecule has 0 fully saturated rings. The second-order valence-electron chi connectivity index (χ2n) is 6.93. The summed E-state index contributed by atoms with van der Waals surface area (Å²) in [5.41, 5.74) is 7.07. The first-order valence-electron chi connectivity index (χ1n) is 9.82. The average molecular weight is 409 g/mol. The first-order valence-corrected chi connectivity index (χ1v) is 9.82. The summed E-state index contributed by atoms with van der Waals surface area (Å²) in [6.07, 6.45) is 3.33. The summed E-state index contributed by atoms with van der Waals surface area (Å²) < 4.78 is 1.95. The van der Waals surface area contributed by atoms with Crippen LogP contribution in [0.5, 0.6) is 0 Å². The summed E-state index contributed by atoms with van der Waals surface area (Å²) in [4.78, 5) is 26.9. The van der Waals surface area contributed by atoms with E-state index in [-0.39, 0.29) is 24.2 Å². The van der Waals surface area contributed by atoms with Gasteiger partial charge in [0.15, 0.2) is 0 Å². The minimum Gasteiger partial charge on any atom is -0.342 e. The van der Waals surface area contributed by atoms with Crippen molar-refractivity contribution in [2.24, 2.45) is 11.1 Å². The zero-order chi connectivity index (χ0) is 20.0. The number of carbonyl (C=O) groups excluding carboxylic acids is 2. The number of nitrogens with two attached hydrogens (primary N) is 1. The predicted molar refractivity (Wildman–Crippen MR) is 118 cm³/mol. The van der Waals surface area contributed by atoms with E-state index in [1.165, 1.54) is 0 Å². The van der Waals surface area contributed by atoms with E-state index < -0.39 is 5.41 Å². The third-order valence-electron chi connectivity index (χ3n) is 5.68. The van der Waals surface area contributed by atoms with Gasteiger partial charge in [0.05, 0.1) is 5.41 Å². The Morgan fingerprint density at radius 1 is 1.11 bits per heavy atom. The van der Waals surface area contributed by atoms with Crippen molar-refractivity contribution in [3.05, 3.63) is 30.5 Å². The van der Waals surface area contributed by atoms with Gasteiger partial charge in [-0.1, -0.05) is 13.8 Å².